The fraction of sp³-hybridized carbons (Fsp3) is 0.308. The number of furan rings is 1. The van der Waals surface area contributed by atoms with Gasteiger partial charge in [-0.3, -0.25) is 0 Å². The Hall–Kier alpha value is -1.75. The Morgan fingerprint density at radius 1 is 1.53 bits per heavy atom. The van der Waals surface area contributed by atoms with E-state index in [4.69, 9.17) is 9.68 Å². The molecule has 0 aliphatic heterocycles. The average Bonchev–Trinajstić information content (AvgIpc) is 2.65. The maximum absolute atomic E-state index is 8.54. The zero-order chi connectivity index (χ0) is 11.7. The highest BCUT2D eigenvalue weighted by molar-refractivity contribution is 5.37. The van der Waals surface area contributed by atoms with Gasteiger partial charge in [0.15, 0.2) is 0 Å². The van der Waals surface area contributed by atoms with E-state index >= 15 is 0 Å². The summed E-state index contributed by atoms with van der Waals surface area (Å²) in [4.78, 5) is 0. The standard InChI is InChI=1S/C11H11NO.C2H6/c1-3-5-11-10(4-2)9(6-7-12)8-13-11;1-2/h3-5,8H,1,6H2,2H3;1-2H3/b10-4-,11-5+;. The molecule has 1 heterocycles. The van der Waals surface area contributed by atoms with Crippen LogP contribution in [-0.4, -0.2) is 0 Å². The summed E-state index contributed by atoms with van der Waals surface area (Å²) in [5, 5.41) is 9.53. The molecule has 2 nitrogen and oxygen atoms in total. The molecule has 2 heteroatoms. The molecule has 1 rings (SSSR count). The molecular weight excluding hydrogens is 186 g/mol. The molecule has 0 atom stereocenters. The summed E-state index contributed by atoms with van der Waals surface area (Å²) < 4.78 is 5.27. The van der Waals surface area contributed by atoms with Gasteiger partial charge in [0.1, 0.15) is 5.42 Å². The Morgan fingerprint density at radius 2 is 2.20 bits per heavy atom. The molecule has 1 aromatic heterocycles. The number of hydrogen-bond donors (Lipinski definition) is 0. The first kappa shape index (κ1) is 13.2. The van der Waals surface area contributed by atoms with Gasteiger partial charge in [0.25, 0.3) is 0 Å². The summed E-state index contributed by atoms with van der Waals surface area (Å²) in [7, 11) is 0. The molecule has 0 aliphatic carbocycles. The Morgan fingerprint density at radius 3 is 2.67 bits per heavy atom. The lowest BCUT2D eigenvalue weighted by Gasteiger charge is -1.81. The van der Waals surface area contributed by atoms with Crippen molar-refractivity contribution in [2.45, 2.75) is 27.2 Å². The third kappa shape index (κ3) is 3.47. The summed E-state index contributed by atoms with van der Waals surface area (Å²) >= 11 is 0. The van der Waals surface area contributed by atoms with Gasteiger partial charge in [0, 0.05) is 10.8 Å². The van der Waals surface area contributed by atoms with E-state index in [9.17, 15) is 0 Å². The van der Waals surface area contributed by atoms with Crippen molar-refractivity contribution in [1.29, 1.82) is 5.26 Å². The highest BCUT2D eigenvalue weighted by atomic mass is 16.3. The van der Waals surface area contributed by atoms with Gasteiger partial charge in [0.2, 0.25) is 0 Å². The number of rotatable bonds is 2. The maximum Gasteiger partial charge on any atom is 0.133 e. The van der Waals surface area contributed by atoms with Gasteiger partial charge in [-0.05, 0) is 13.0 Å². The first-order valence-corrected chi connectivity index (χ1v) is 5.06. The van der Waals surface area contributed by atoms with Crippen LogP contribution in [0.3, 0.4) is 0 Å². The molecule has 0 bridgehead atoms. The minimum Gasteiger partial charge on any atom is -0.464 e. The lowest BCUT2D eigenvalue weighted by Crippen LogP contribution is -2.22. The van der Waals surface area contributed by atoms with Gasteiger partial charge >= 0.3 is 0 Å². The third-order valence-corrected chi connectivity index (χ3v) is 1.77. The van der Waals surface area contributed by atoms with Crippen molar-refractivity contribution in [3.8, 4) is 6.07 Å². The Bertz CT molecular complexity index is 446. The van der Waals surface area contributed by atoms with Crippen molar-refractivity contribution < 1.29 is 4.42 Å². The number of allylic oxidation sites excluding steroid dienone is 1. The van der Waals surface area contributed by atoms with Crippen molar-refractivity contribution in [2.24, 2.45) is 0 Å². The van der Waals surface area contributed by atoms with Gasteiger partial charge in [-0.25, -0.2) is 0 Å². The molecule has 0 radical (unpaired) electrons. The van der Waals surface area contributed by atoms with Crippen molar-refractivity contribution in [1.82, 2.24) is 0 Å². The van der Waals surface area contributed by atoms with E-state index < -0.39 is 0 Å². The quantitative estimate of drug-likeness (QED) is 0.738. The van der Waals surface area contributed by atoms with Gasteiger partial charge < -0.3 is 4.42 Å². The molecule has 15 heavy (non-hydrogen) atoms. The SMILES string of the molecule is C=C/C=c1/occ(CC#N)/c1=C/C.CC. The molecular formula is C13H17NO. The molecule has 0 saturated carbocycles. The van der Waals surface area contributed by atoms with Crippen molar-refractivity contribution in [3.63, 3.8) is 0 Å². The zero-order valence-corrected chi connectivity index (χ0v) is 9.58. The summed E-state index contributed by atoms with van der Waals surface area (Å²) in [6, 6.07) is 2.09. The number of nitrogens with zero attached hydrogens (tertiary/aromatic N) is 1. The number of nitriles is 1. The van der Waals surface area contributed by atoms with E-state index in [1.54, 1.807) is 18.4 Å². The zero-order valence-electron chi connectivity index (χ0n) is 9.58. The van der Waals surface area contributed by atoms with Gasteiger partial charge in [-0.2, -0.15) is 5.26 Å². The second-order valence-corrected chi connectivity index (χ2v) is 2.56. The van der Waals surface area contributed by atoms with E-state index in [-0.39, 0.29) is 0 Å². The Kier molecular flexibility index (Phi) is 6.74. The minimum absolute atomic E-state index is 0.383. The van der Waals surface area contributed by atoms with E-state index in [1.165, 1.54) is 0 Å². The Labute approximate surface area is 90.8 Å². The van der Waals surface area contributed by atoms with Crippen LogP contribution in [0.1, 0.15) is 26.3 Å². The predicted molar refractivity (Wildman–Crippen MR) is 63.4 cm³/mol. The first-order chi connectivity index (χ1) is 7.33. The first-order valence-electron chi connectivity index (χ1n) is 5.06. The van der Waals surface area contributed by atoms with E-state index in [0.29, 0.717) is 6.42 Å². The van der Waals surface area contributed by atoms with Crippen molar-refractivity contribution in [2.75, 3.05) is 0 Å². The van der Waals surface area contributed by atoms with Crippen LogP contribution in [0.4, 0.5) is 0 Å². The van der Waals surface area contributed by atoms with E-state index in [0.717, 1.165) is 16.2 Å². The van der Waals surface area contributed by atoms with Crippen molar-refractivity contribution >= 4 is 12.2 Å². The summed E-state index contributed by atoms with van der Waals surface area (Å²) in [5.74, 6) is 0. The van der Waals surface area contributed by atoms with Crippen LogP contribution in [0.25, 0.3) is 12.2 Å². The van der Waals surface area contributed by atoms with Crippen LogP contribution < -0.4 is 10.6 Å². The topological polar surface area (TPSA) is 36.9 Å². The normalized spacial score (nSPS) is 11.6. The van der Waals surface area contributed by atoms with Gasteiger partial charge in [0.05, 0.1) is 18.8 Å². The minimum atomic E-state index is 0.383. The average molecular weight is 203 g/mol. The lowest BCUT2D eigenvalue weighted by atomic mass is 10.2. The number of hydrogen-bond acceptors (Lipinski definition) is 2. The molecule has 0 saturated heterocycles. The summed E-state index contributed by atoms with van der Waals surface area (Å²) in [6.45, 7) is 9.51. The lowest BCUT2D eigenvalue weighted by molar-refractivity contribution is 0.529. The molecule has 0 spiro atoms. The smallest absolute Gasteiger partial charge is 0.133 e. The predicted octanol–water partition coefficient (Wildman–Crippen LogP) is 2.14. The van der Waals surface area contributed by atoms with Crippen LogP contribution in [-0.2, 0) is 6.42 Å². The molecule has 0 unspecified atom stereocenters. The van der Waals surface area contributed by atoms with E-state index in [1.807, 2.05) is 26.8 Å². The molecule has 0 N–H and O–H groups in total. The highest BCUT2D eigenvalue weighted by Crippen LogP contribution is 1.89. The van der Waals surface area contributed by atoms with Gasteiger partial charge in [-0.1, -0.05) is 32.6 Å². The third-order valence-electron chi connectivity index (χ3n) is 1.77. The fourth-order valence-corrected chi connectivity index (χ4v) is 1.21. The second-order valence-electron chi connectivity index (χ2n) is 2.56. The van der Waals surface area contributed by atoms with Crippen molar-refractivity contribution in [3.05, 3.63) is 35.1 Å². The molecule has 0 fully saturated rings. The molecule has 0 amide bonds. The maximum atomic E-state index is 8.54. The monoisotopic (exact) mass is 203 g/mol. The Balaban J connectivity index is 0.000000921. The highest BCUT2D eigenvalue weighted by Gasteiger charge is 1.98. The van der Waals surface area contributed by atoms with Crippen LogP contribution in [0.2, 0.25) is 0 Å². The van der Waals surface area contributed by atoms with Crippen LogP contribution >= 0.6 is 0 Å². The summed E-state index contributed by atoms with van der Waals surface area (Å²) in [6.07, 6.45) is 7.39. The largest absolute Gasteiger partial charge is 0.464 e. The molecule has 0 aromatic carbocycles. The van der Waals surface area contributed by atoms with Crippen LogP contribution in [0.15, 0.2) is 23.3 Å². The molecule has 0 aliphatic rings. The molecule has 1 aromatic rings. The van der Waals surface area contributed by atoms with Gasteiger partial charge in [-0.15, -0.1) is 0 Å². The van der Waals surface area contributed by atoms with Crippen LogP contribution in [0, 0.1) is 11.3 Å². The van der Waals surface area contributed by atoms with Crippen LogP contribution in [0.5, 0.6) is 0 Å². The second kappa shape index (κ2) is 7.64. The van der Waals surface area contributed by atoms with E-state index in [2.05, 4.69) is 12.6 Å². The fourth-order valence-electron chi connectivity index (χ4n) is 1.21. The summed E-state index contributed by atoms with van der Waals surface area (Å²) in [5.41, 5.74) is 1.70. The molecule has 80 valence electrons.